The summed E-state index contributed by atoms with van der Waals surface area (Å²) in [6.45, 7) is 3.28. The fourth-order valence-corrected chi connectivity index (χ4v) is 8.21. The van der Waals surface area contributed by atoms with Crippen molar-refractivity contribution < 1.29 is 73.5 Å². The molecule has 0 aliphatic carbocycles. The van der Waals surface area contributed by atoms with E-state index >= 15 is 0 Å². The van der Waals surface area contributed by atoms with Gasteiger partial charge in [0, 0.05) is 103 Å². The molecular weight excluding hydrogens is 1030 g/mol. The van der Waals surface area contributed by atoms with E-state index in [0.717, 1.165) is 11.1 Å². The number of Topliss-reactive ketones (excluding diaryl/α,β-unsaturated/α-hetero) is 2. The number of rotatable bonds is 31. The molecule has 0 bridgehead atoms. The zero-order valence-corrected chi connectivity index (χ0v) is 43.3. The molecule has 24 nitrogen and oxygen atoms in total. The zero-order chi connectivity index (χ0) is 54.6. The molecule has 2 heterocycles. The van der Waals surface area contributed by atoms with Crippen LogP contribution in [0.3, 0.4) is 0 Å². The number of carboxylic acids is 5. The summed E-state index contributed by atoms with van der Waals surface area (Å²) in [6, 6.07) is 6.71. The standard InChI is InChI=1S/C49H70BrN9O15/c1-34(60)10-16-39(48(72)73)54-49(74)53-38(47(70)71)7-5-6-18-59(29-36-13-17-41(50)51-28-36)43(63)9-4-2-3-8-40(61)37-14-11-35(12-15-37)27-52-42(62)30-55-19-21-56(31-44(64)65)23-25-58(33-46(68)69)26-24-57(22-20-55)32-45(66)67/h11-15,17,28,38-39H,2-10,16,18-27,29-33H2,1H3,(H,52,62)(H,64,65)(H,66,67)(H,68,69)(H,70,71)(H,72,73)(H2,53,54,74)/t38-,39-/m1/s1. The van der Waals surface area contributed by atoms with Crippen molar-refractivity contribution in [2.24, 2.45) is 0 Å². The fourth-order valence-electron chi connectivity index (χ4n) is 7.98. The van der Waals surface area contributed by atoms with E-state index in [0.29, 0.717) is 55.4 Å². The Morgan fingerprint density at radius 1 is 0.595 bits per heavy atom. The molecular formula is C49H70BrN9O15. The molecule has 0 spiro atoms. The molecule has 2 atom stereocenters. The Hall–Kier alpha value is -6.41. The third kappa shape index (κ3) is 26.0. The van der Waals surface area contributed by atoms with Crippen LogP contribution < -0.4 is 16.0 Å². The third-order valence-corrected chi connectivity index (χ3v) is 12.6. The maximum atomic E-state index is 13.5. The summed E-state index contributed by atoms with van der Waals surface area (Å²) in [5, 5.41) is 54.8. The lowest BCUT2D eigenvalue weighted by Crippen LogP contribution is -2.51. The summed E-state index contributed by atoms with van der Waals surface area (Å²) in [5.41, 5.74) is 2.00. The van der Waals surface area contributed by atoms with E-state index in [9.17, 15) is 73.5 Å². The van der Waals surface area contributed by atoms with E-state index < -0.39 is 48.0 Å². The number of pyridine rings is 1. The van der Waals surface area contributed by atoms with Gasteiger partial charge in [-0.2, -0.15) is 0 Å². The number of carboxylic acid groups (broad SMARTS) is 5. The lowest BCUT2D eigenvalue weighted by Gasteiger charge is -2.32. The summed E-state index contributed by atoms with van der Waals surface area (Å²) in [4.78, 5) is 134. The maximum absolute atomic E-state index is 13.5. The monoisotopic (exact) mass is 1100 g/mol. The second-order valence-corrected chi connectivity index (χ2v) is 19.0. The van der Waals surface area contributed by atoms with Gasteiger partial charge in [0.1, 0.15) is 22.5 Å². The molecule has 4 amide bonds. The van der Waals surface area contributed by atoms with Crippen LogP contribution in [-0.2, 0) is 51.4 Å². The van der Waals surface area contributed by atoms with Crippen molar-refractivity contribution in [3.05, 3.63) is 63.9 Å². The first kappa shape index (κ1) is 61.9. The van der Waals surface area contributed by atoms with Crippen LogP contribution in [0.2, 0.25) is 0 Å². The first-order valence-electron chi connectivity index (χ1n) is 24.5. The van der Waals surface area contributed by atoms with Gasteiger partial charge in [-0.05, 0) is 78.6 Å². The van der Waals surface area contributed by atoms with E-state index in [1.54, 1.807) is 56.1 Å². The van der Waals surface area contributed by atoms with Gasteiger partial charge in [0.05, 0.1) is 26.2 Å². The minimum Gasteiger partial charge on any atom is -0.480 e. The van der Waals surface area contributed by atoms with Crippen molar-refractivity contribution in [2.75, 3.05) is 85.1 Å². The number of nitrogens with zero attached hydrogens (tertiary/aromatic N) is 6. The quantitative estimate of drug-likeness (QED) is 0.0303. The van der Waals surface area contributed by atoms with Crippen molar-refractivity contribution >= 4 is 75.2 Å². The van der Waals surface area contributed by atoms with E-state index in [1.165, 1.54) is 6.92 Å². The number of nitrogens with one attached hydrogen (secondary N) is 3. The van der Waals surface area contributed by atoms with Crippen LogP contribution in [0, 0.1) is 0 Å². The predicted octanol–water partition coefficient (Wildman–Crippen LogP) is 1.84. The van der Waals surface area contributed by atoms with Gasteiger partial charge < -0.3 is 51.2 Å². The average molecular weight is 1110 g/mol. The second kappa shape index (κ2) is 33.4. The minimum atomic E-state index is -1.38. The van der Waals surface area contributed by atoms with Gasteiger partial charge in [0.2, 0.25) is 11.8 Å². The molecule has 1 aromatic heterocycles. The number of benzene rings is 1. The summed E-state index contributed by atoms with van der Waals surface area (Å²) in [6.07, 6.45) is 4.19. The number of aromatic nitrogens is 1. The molecule has 0 radical (unpaired) electrons. The van der Waals surface area contributed by atoms with Crippen molar-refractivity contribution in [1.82, 2.24) is 45.4 Å². The van der Waals surface area contributed by atoms with Crippen molar-refractivity contribution in [3.8, 4) is 0 Å². The molecule has 1 aromatic carbocycles. The number of hydrogen-bond donors (Lipinski definition) is 8. The Morgan fingerprint density at radius 2 is 1.08 bits per heavy atom. The van der Waals surface area contributed by atoms with Gasteiger partial charge in [-0.25, -0.2) is 19.4 Å². The molecule has 2 aromatic rings. The van der Waals surface area contributed by atoms with Crippen LogP contribution in [-0.4, -0.2) is 211 Å². The maximum Gasteiger partial charge on any atom is 0.326 e. The highest BCUT2D eigenvalue weighted by Crippen LogP contribution is 2.16. The Bertz CT molecular complexity index is 2170. The summed E-state index contributed by atoms with van der Waals surface area (Å²) in [5.74, 6) is -6.63. The molecule has 0 unspecified atom stereocenters. The molecule has 3 rings (SSSR count). The molecule has 0 saturated carbocycles. The van der Waals surface area contributed by atoms with Crippen LogP contribution in [0.5, 0.6) is 0 Å². The highest BCUT2D eigenvalue weighted by molar-refractivity contribution is 9.10. The summed E-state index contributed by atoms with van der Waals surface area (Å²) >= 11 is 3.31. The Balaban J connectivity index is 1.48. The van der Waals surface area contributed by atoms with Gasteiger partial charge in [-0.1, -0.05) is 36.8 Å². The smallest absolute Gasteiger partial charge is 0.326 e. The lowest BCUT2D eigenvalue weighted by molar-refractivity contribution is -0.140. The largest absolute Gasteiger partial charge is 0.480 e. The van der Waals surface area contributed by atoms with E-state index in [1.807, 2.05) is 11.0 Å². The van der Waals surface area contributed by atoms with E-state index in [4.69, 9.17) is 0 Å². The van der Waals surface area contributed by atoms with Crippen LogP contribution in [0.4, 0.5) is 4.79 Å². The fraction of sp³-hybridized carbons (Fsp3) is 0.571. The molecule has 25 heteroatoms. The molecule has 1 aliphatic rings. The van der Waals surface area contributed by atoms with Gasteiger partial charge in [-0.3, -0.25) is 48.4 Å². The number of urea groups is 1. The molecule has 1 fully saturated rings. The number of carbonyl (C=O) groups is 10. The Kier molecular flexibility index (Phi) is 27.9. The van der Waals surface area contributed by atoms with E-state index in [-0.39, 0.29) is 141 Å². The van der Waals surface area contributed by atoms with Crippen molar-refractivity contribution in [2.45, 2.75) is 96.3 Å². The van der Waals surface area contributed by atoms with E-state index in [2.05, 4.69) is 36.9 Å². The van der Waals surface area contributed by atoms with Crippen LogP contribution >= 0.6 is 15.9 Å². The summed E-state index contributed by atoms with van der Waals surface area (Å²) < 4.78 is 0.619. The SMILES string of the molecule is CC(=O)CC[C@@H](NC(=O)N[C@H](CCCCN(Cc1ccc(Br)nc1)C(=O)CCCCCC(=O)c1ccc(CNC(=O)CN2CCN(CC(=O)O)CCN(CC(=O)O)CCN(CC(=O)O)CC2)cc1)C(=O)O)C(=O)O. The first-order chi connectivity index (χ1) is 35.2. The number of ketones is 2. The highest BCUT2D eigenvalue weighted by Gasteiger charge is 2.26. The normalized spacial score (nSPS) is 15.1. The topological polar surface area (TPSA) is 337 Å². The van der Waals surface area contributed by atoms with Gasteiger partial charge in [-0.15, -0.1) is 0 Å². The number of aliphatic carboxylic acids is 5. The van der Waals surface area contributed by atoms with Crippen LogP contribution in [0.25, 0.3) is 0 Å². The average Bonchev–Trinajstić information content (AvgIpc) is 3.33. The Labute approximate surface area is 437 Å². The molecule has 1 aliphatic heterocycles. The number of halogens is 1. The summed E-state index contributed by atoms with van der Waals surface area (Å²) in [7, 11) is 0. The van der Waals surface area contributed by atoms with Crippen molar-refractivity contribution in [3.63, 3.8) is 0 Å². The van der Waals surface area contributed by atoms with Crippen LogP contribution in [0.1, 0.15) is 92.6 Å². The number of unbranched alkanes of at least 4 members (excludes halogenated alkanes) is 3. The molecule has 74 heavy (non-hydrogen) atoms. The number of carbonyl (C=O) groups excluding carboxylic acids is 5. The zero-order valence-electron chi connectivity index (χ0n) is 41.8. The molecule has 408 valence electrons. The molecule has 1 saturated heterocycles. The number of amides is 4. The molecule has 8 N–H and O–H groups in total. The minimum absolute atomic E-state index is 0.00197. The number of hydrogen-bond acceptors (Lipinski definition) is 15. The second-order valence-electron chi connectivity index (χ2n) is 18.2. The highest BCUT2D eigenvalue weighted by atomic mass is 79.9. The first-order valence-corrected chi connectivity index (χ1v) is 25.3. The van der Waals surface area contributed by atoms with Gasteiger partial charge >= 0.3 is 35.9 Å². The van der Waals surface area contributed by atoms with Crippen LogP contribution in [0.15, 0.2) is 47.2 Å². The Morgan fingerprint density at radius 3 is 1.55 bits per heavy atom. The predicted molar refractivity (Wildman–Crippen MR) is 270 cm³/mol. The lowest BCUT2D eigenvalue weighted by atomic mass is 10.0. The van der Waals surface area contributed by atoms with Gasteiger partial charge in [0.25, 0.3) is 0 Å². The van der Waals surface area contributed by atoms with Gasteiger partial charge in [0.15, 0.2) is 5.78 Å². The third-order valence-electron chi connectivity index (χ3n) is 12.1. The van der Waals surface area contributed by atoms with Crippen molar-refractivity contribution in [1.29, 1.82) is 0 Å².